The second kappa shape index (κ2) is 9.81. The number of nitrogens with zero attached hydrogens (tertiary/aromatic N) is 2. The van der Waals surface area contributed by atoms with Gasteiger partial charge in [-0.05, 0) is 25.0 Å². The maximum absolute atomic E-state index is 12.9. The monoisotopic (exact) mass is 452 g/mol. The first-order chi connectivity index (χ1) is 16.0. The van der Waals surface area contributed by atoms with E-state index in [-0.39, 0.29) is 12.5 Å². The average Bonchev–Trinajstić information content (AvgIpc) is 3.34. The number of nitrogens with one attached hydrogen (secondary N) is 2. The molecule has 9 nitrogen and oxygen atoms in total. The molecule has 0 atom stereocenters. The van der Waals surface area contributed by atoms with Crippen molar-refractivity contribution < 1.29 is 19.0 Å². The van der Waals surface area contributed by atoms with Gasteiger partial charge in [0.25, 0.3) is 0 Å². The summed E-state index contributed by atoms with van der Waals surface area (Å²) in [6.07, 6.45) is 4.48. The number of rotatable bonds is 8. The van der Waals surface area contributed by atoms with Crippen molar-refractivity contribution >= 4 is 28.3 Å². The minimum Gasteiger partial charge on any atom is -0.493 e. The summed E-state index contributed by atoms with van der Waals surface area (Å²) in [5.74, 6) is 1.45. The van der Waals surface area contributed by atoms with Gasteiger partial charge in [-0.15, -0.1) is 0 Å². The van der Waals surface area contributed by atoms with Gasteiger partial charge in [-0.25, -0.2) is 4.79 Å². The van der Waals surface area contributed by atoms with Crippen LogP contribution >= 0.6 is 0 Å². The summed E-state index contributed by atoms with van der Waals surface area (Å²) in [6, 6.07) is 11.1. The fourth-order valence-electron chi connectivity index (χ4n) is 4.25. The standard InChI is InChI=1S/C24H28N4O5/c1-31-19-12-16(13-20(32-2)22(19)33-3)25-21(29)14-28-18-11-7-6-10-17(18)23(27-24(28)30)26-15-8-4-5-9-15/h6-7,10-13,15H,4-5,8-9,14H2,1-3H3,(H,25,29)(H,26,27,30). The molecule has 2 N–H and O–H groups in total. The van der Waals surface area contributed by atoms with Crippen molar-refractivity contribution in [3.05, 3.63) is 46.9 Å². The highest BCUT2D eigenvalue weighted by molar-refractivity contribution is 5.94. The highest BCUT2D eigenvalue weighted by atomic mass is 16.5. The lowest BCUT2D eigenvalue weighted by atomic mass is 10.2. The lowest BCUT2D eigenvalue weighted by Crippen LogP contribution is -2.31. The predicted molar refractivity (Wildman–Crippen MR) is 127 cm³/mol. The van der Waals surface area contributed by atoms with Crippen molar-refractivity contribution in [1.29, 1.82) is 0 Å². The number of hydrogen-bond acceptors (Lipinski definition) is 7. The first kappa shape index (κ1) is 22.4. The predicted octanol–water partition coefficient (Wildman–Crippen LogP) is 3.42. The summed E-state index contributed by atoms with van der Waals surface area (Å²) in [7, 11) is 4.51. The van der Waals surface area contributed by atoms with Crippen LogP contribution in [0.1, 0.15) is 25.7 Å². The van der Waals surface area contributed by atoms with E-state index >= 15 is 0 Å². The van der Waals surface area contributed by atoms with Crippen LogP contribution in [0.3, 0.4) is 0 Å². The van der Waals surface area contributed by atoms with E-state index in [1.54, 1.807) is 12.1 Å². The molecule has 0 aliphatic heterocycles. The van der Waals surface area contributed by atoms with Gasteiger partial charge in [-0.3, -0.25) is 9.36 Å². The Hall–Kier alpha value is -3.75. The molecule has 0 spiro atoms. The number of carbonyl (C=O) groups excluding carboxylic acids is 1. The largest absolute Gasteiger partial charge is 0.493 e. The Kier molecular flexibility index (Phi) is 6.67. The smallest absolute Gasteiger partial charge is 0.350 e. The third-order valence-corrected chi connectivity index (χ3v) is 5.83. The summed E-state index contributed by atoms with van der Waals surface area (Å²) in [6.45, 7) is -0.188. The zero-order valence-electron chi connectivity index (χ0n) is 19.0. The van der Waals surface area contributed by atoms with Gasteiger partial charge in [-0.2, -0.15) is 4.98 Å². The molecule has 1 saturated carbocycles. The highest BCUT2D eigenvalue weighted by Gasteiger charge is 2.19. The van der Waals surface area contributed by atoms with Gasteiger partial charge < -0.3 is 24.8 Å². The molecule has 3 aromatic rings. The molecule has 1 heterocycles. The van der Waals surface area contributed by atoms with Crippen molar-refractivity contribution in [1.82, 2.24) is 9.55 Å². The third-order valence-electron chi connectivity index (χ3n) is 5.83. The van der Waals surface area contributed by atoms with E-state index in [9.17, 15) is 9.59 Å². The molecule has 1 aromatic heterocycles. The van der Waals surface area contributed by atoms with Crippen LogP contribution in [0.25, 0.3) is 10.9 Å². The number of benzene rings is 2. The van der Waals surface area contributed by atoms with E-state index < -0.39 is 5.69 Å². The zero-order chi connectivity index (χ0) is 23.4. The molecule has 0 bridgehead atoms. The Balaban J connectivity index is 1.61. The van der Waals surface area contributed by atoms with Crippen LogP contribution in [0.5, 0.6) is 17.2 Å². The maximum Gasteiger partial charge on any atom is 0.350 e. The van der Waals surface area contributed by atoms with Crippen molar-refractivity contribution in [3.8, 4) is 17.2 Å². The molecule has 4 rings (SSSR count). The molecule has 2 aromatic carbocycles. The molecule has 33 heavy (non-hydrogen) atoms. The number of methoxy groups -OCH3 is 3. The summed E-state index contributed by atoms with van der Waals surface area (Å²) >= 11 is 0. The fourth-order valence-corrected chi connectivity index (χ4v) is 4.25. The first-order valence-electron chi connectivity index (χ1n) is 10.9. The molecule has 1 aliphatic carbocycles. The number of para-hydroxylation sites is 1. The molecule has 0 saturated heterocycles. The van der Waals surface area contributed by atoms with Crippen LogP contribution in [0.15, 0.2) is 41.2 Å². The number of ether oxygens (including phenoxy) is 3. The summed E-state index contributed by atoms with van der Waals surface area (Å²) < 4.78 is 17.4. The van der Waals surface area contributed by atoms with E-state index in [1.807, 2.05) is 24.3 Å². The van der Waals surface area contributed by atoms with Crippen LogP contribution in [0.4, 0.5) is 11.5 Å². The average molecular weight is 453 g/mol. The van der Waals surface area contributed by atoms with Gasteiger partial charge in [0.05, 0.1) is 26.8 Å². The lowest BCUT2D eigenvalue weighted by molar-refractivity contribution is -0.116. The quantitative estimate of drug-likeness (QED) is 0.540. The Labute approximate surface area is 191 Å². The van der Waals surface area contributed by atoms with Crippen LogP contribution < -0.4 is 30.5 Å². The number of hydrogen-bond donors (Lipinski definition) is 2. The first-order valence-corrected chi connectivity index (χ1v) is 10.9. The number of anilines is 2. The maximum atomic E-state index is 12.9. The lowest BCUT2D eigenvalue weighted by Gasteiger charge is -2.17. The van der Waals surface area contributed by atoms with Crippen LogP contribution in [0, 0.1) is 0 Å². The topological polar surface area (TPSA) is 104 Å². The van der Waals surface area contributed by atoms with Gasteiger partial charge in [0, 0.05) is 29.2 Å². The minimum atomic E-state index is -0.478. The molecule has 1 amide bonds. The highest BCUT2D eigenvalue weighted by Crippen LogP contribution is 2.40. The van der Waals surface area contributed by atoms with Crippen LogP contribution in [0.2, 0.25) is 0 Å². The van der Waals surface area contributed by atoms with E-state index in [2.05, 4.69) is 15.6 Å². The molecular formula is C24H28N4O5. The van der Waals surface area contributed by atoms with Crippen molar-refractivity contribution in [2.75, 3.05) is 32.0 Å². The Bertz CT molecular complexity index is 1190. The molecular weight excluding hydrogens is 424 g/mol. The number of aromatic nitrogens is 2. The summed E-state index contributed by atoms with van der Waals surface area (Å²) in [5.41, 5.74) is 0.631. The summed E-state index contributed by atoms with van der Waals surface area (Å²) in [5, 5.41) is 7.03. The van der Waals surface area contributed by atoms with E-state index in [1.165, 1.54) is 38.7 Å². The SMILES string of the molecule is COc1cc(NC(=O)Cn2c(=O)nc(NC3CCCC3)c3ccccc32)cc(OC)c1OC. The zero-order valence-corrected chi connectivity index (χ0v) is 19.0. The normalized spacial score (nSPS) is 13.7. The van der Waals surface area contributed by atoms with Crippen molar-refractivity contribution in [2.24, 2.45) is 0 Å². The molecule has 1 aliphatic rings. The summed E-state index contributed by atoms with van der Waals surface area (Å²) in [4.78, 5) is 30.0. The molecule has 9 heteroatoms. The van der Waals surface area contributed by atoms with Crippen LogP contribution in [-0.2, 0) is 11.3 Å². The van der Waals surface area contributed by atoms with Gasteiger partial charge >= 0.3 is 5.69 Å². The third kappa shape index (κ3) is 4.72. The second-order valence-electron chi connectivity index (χ2n) is 7.93. The molecule has 0 radical (unpaired) electrons. The molecule has 174 valence electrons. The number of amides is 1. The van der Waals surface area contributed by atoms with Crippen molar-refractivity contribution in [3.63, 3.8) is 0 Å². The van der Waals surface area contributed by atoms with Crippen molar-refractivity contribution in [2.45, 2.75) is 38.3 Å². The van der Waals surface area contributed by atoms with Gasteiger partial charge in [0.1, 0.15) is 12.4 Å². The van der Waals surface area contributed by atoms with E-state index in [4.69, 9.17) is 14.2 Å². The number of fused-ring (bicyclic) bond motifs is 1. The molecule has 0 unspecified atom stereocenters. The van der Waals surface area contributed by atoms with Crippen LogP contribution in [-0.4, -0.2) is 42.8 Å². The van der Waals surface area contributed by atoms with E-state index in [0.717, 1.165) is 18.2 Å². The Morgan fingerprint density at radius 1 is 1.06 bits per heavy atom. The van der Waals surface area contributed by atoms with Gasteiger partial charge in [0.15, 0.2) is 11.5 Å². The molecule has 1 fully saturated rings. The van der Waals surface area contributed by atoms with Gasteiger partial charge in [-0.1, -0.05) is 25.0 Å². The van der Waals surface area contributed by atoms with Gasteiger partial charge in [0.2, 0.25) is 11.7 Å². The Morgan fingerprint density at radius 3 is 2.36 bits per heavy atom. The Morgan fingerprint density at radius 2 is 1.73 bits per heavy atom. The number of carbonyl (C=O) groups is 1. The minimum absolute atomic E-state index is 0.188. The second-order valence-corrected chi connectivity index (χ2v) is 7.93. The fraction of sp³-hybridized carbons (Fsp3) is 0.375. The van der Waals surface area contributed by atoms with E-state index in [0.29, 0.717) is 40.3 Å².